The van der Waals surface area contributed by atoms with Crippen LogP contribution in [-0.4, -0.2) is 30.6 Å². The average Bonchev–Trinajstić information content (AvgIpc) is 2.73. The first kappa shape index (κ1) is 20.6. The Bertz CT molecular complexity index is 617. The second-order valence-corrected chi connectivity index (χ2v) is 7.90. The summed E-state index contributed by atoms with van der Waals surface area (Å²) in [5.74, 6) is -0.702. The second kappa shape index (κ2) is 9.15. The van der Waals surface area contributed by atoms with Crippen LogP contribution in [0, 0.1) is 12.3 Å². The van der Waals surface area contributed by atoms with E-state index in [2.05, 4.69) is 0 Å². The van der Waals surface area contributed by atoms with Crippen LogP contribution in [-0.2, 0) is 14.9 Å². The molecule has 2 rings (SSSR count). The van der Waals surface area contributed by atoms with Crippen LogP contribution in [0.25, 0.3) is 0 Å². The number of nitrogens with two attached hydrogens (primary N) is 1. The van der Waals surface area contributed by atoms with Gasteiger partial charge in [-0.15, -0.1) is 0 Å². The van der Waals surface area contributed by atoms with Gasteiger partial charge in [-0.1, -0.05) is 43.4 Å². The van der Waals surface area contributed by atoms with Gasteiger partial charge < -0.3 is 10.8 Å². The Labute approximate surface area is 143 Å². The van der Waals surface area contributed by atoms with Crippen molar-refractivity contribution in [3.63, 3.8) is 0 Å². The largest absolute Gasteiger partial charge is 0.481 e. The molecule has 0 atom stereocenters. The number of aliphatic carboxylic acids is 1. The van der Waals surface area contributed by atoms with Crippen molar-refractivity contribution in [1.82, 2.24) is 0 Å². The van der Waals surface area contributed by atoms with Crippen molar-refractivity contribution in [2.45, 2.75) is 56.8 Å². The maximum absolute atomic E-state index is 10.7. The molecule has 6 nitrogen and oxygen atoms in total. The molecule has 1 aliphatic carbocycles. The van der Waals surface area contributed by atoms with Crippen LogP contribution in [0.5, 0.6) is 0 Å². The van der Waals surface area contributed by atoms with Gasteiger partial charge >= 0.3 is 5.97 Å². The van der Waals surface area contributed by atoms with E-state index in [1.54, 1.807) is 12.1 Å². The zero-order valence-electron chi connectivity index (χ0n) is 14.1. The lowest BCUT2D eigenvalue weighted by molar-refractivity contribution is -0.139. The van der Waals surface area contributed by atoms with Crippen LogP contribution in [0.15, 0.2) is 29.2 Å². The van der Waals surface area contributed by atoms with E-state index in [0.717, 1.165) is 31.2 Å². The summed E-state index contributed by atoms with van der Waals surface area (Å²) in [6.45, 7) is 2.37. The number of hydrogen-bond acceptors (Lipinski definition) is 4. The first-order valence-electron chi connectivity index (χ1n) is 8.15. The number of carbonyl (C=O) groups is 1. The molecule has 1 aromatic rings. The van der Waals surface area contributed by atoms with Gasteiger partial charge in [0.1, 0.15) is 0 Å². The molecule has 1 aromatic carbocycles. The monoisotopic (exact) mass is 357 g/mol. The van der Waals surface area contributed by atoms with Crippen molar-refractivity contribution in [3.05, 3.63) is 29.8 Å². The Balaban J connectivity index is 0.000000243. The van der Waals surface area contributed by atoms with Gasteiger partial charge in [-0.25, -0.2) is 0 Å². The topological polar surface area (TPSA) is 118 Å². The fourth-order valence-corrected chi connectivity index (χ4v) is 3.44. The predicted octanol–water partition coefficient (Wildman–Crippen LogP) is 3.00. The molecule has 0 amide bonds. The fourth-order valence-electron chi connectivity index (χ4n) is 2.96. The van der Waals surface area contributed by atoms with E-state index in [1.165, 1.54) is 25.0 Å². The molecule has 24 heavy (non-hydrogen) atoms. The molecule has 0 bridgehead atoms. The number of rotatable bonds is 4. The van der Waals surface area contributed by atoms with Gasteiger partial charge in [0.15, 0.2) is 0 Å². The number of aryl methyl sites for hydroxylation is 1. The zero-order chi connectivity index (χ0) is 18.2. The van der Waals surface area contributed by atoms with E-state index in [9.17, 15) is 13.2 Å². The van der Waals surface area contributed by atoms with E-state index in [-0.39, 0.29) is 16.7 Å². The molecule has 1 saturated carbocycles. The molecule has 0 heterocycles. The number of benzene rings is 1. The van der Waals surface area contributed by atoms with Crippen molar-refractivity contribution in [2.24, 2.45) is 11.1 Å². The summed E-state index contributed by atoms with van der Waals surface area (Å²) in [4.78, 5) is 10.6. The smallest absolute Gasteiger partial charge is 0.303 e. The van der Waals surface area contributed by atoms with Crippen molar-refractivity contribution >= 4 is 16.1 Å². The van der Waals surface area contributed by atoms with Crippen LogP contribution in [0.1, 0.15) is 50.5 Å². The second-order valence-electron chi connectivity index (χ2n) is 6.48. The summed E-state index contributed by atoms with van der Waals surface area (Å²) < 4.78 is 29.6. The Morgan fingerprint density at radius 1 is 1.12 bits per heavy atom. The normalized spacial score (nSPS) is 17.3. The van der Waals surface area contributed by atoms with E-state index < -0.39 is 16.1 Å². The third kappa shape index (κ3) is 6.98. The van der Waals surface area contributed by atoms with Gasteiger partial charge in [0, 0.05) is 0 Å². The number of carboxylic acids is 1. The molecule has 0 saturated heterocycles. The lowest BCUT2D eigenvalue weighted by Gasteiger charge is -2.29. The minimum atomic E-state index is -4.02. The summed E-state index contributed by atoms with van der Waals surface area (Å²) in [6.07, 6.45) is 7.01. The molecule has 1 fully saturated rings. The van der Waals surface area contributed by atoms with E-state index in [4.69, 9.17) is 15.4 Å². The quantitative estimate of drug-likeness (QED) is 0.563. The van der Waals surface area contributed by atoms with E-state index >= 15 is 0 Å². The maximum atomic E-state index is 10.7. The first-order valence-corrected chi connectivity index (χ1v) is 9.59. The van der Waals surface area contributed by atoms with Crippen molar-refractivity contribution in [1.29, 1.82) is 0 Å². The summed E-state index contributed by atoms with van der Waals surface area (Å²) >= 11 is 0. The SMILES string of the molecule is Cc1ccc(S(=O)(=O)O)cc1.NCC1(CC(=O)O)CCCCCC1. The van der Waals surface area contributed by atoms with Gasteiger partial charge in [-0.05, 0) is 43.9 Å². The molecule has 0 unspecified atom stereocenters. The van der Waals surface area contributed by atoms with Gasteiger partial charge in [0.05, 0.1) is 11.3 Å². The average molecular weight is 357 g/mol. The van der Waals surface area contributed by atoms with Crippen molar-refractivity contribution in [2.75, 3.05) is 6.54 Å². The predicted molar refractivity (Wildman–Crippen MR) is 92.4 cm³/mol. The molecule has 0 radical (unpaired) electrons. The van der Waals surface area contributed by atoms with Crippen LogP contribution in [0.2, 0.25) is 0 Å². The molecular formula is C17H27NO5S. The van der Waals surface area contributed by atoms with Crippen molar-refractivity contribution in [3.8, 4) is 0 Å². The minimum Gasteiger partial charge on any atom is -0.481 e. The molecule has 4 N–H and O–H groups in total. The van der Waals surface area contributed by atoms with Crippen LogP contribution in [0.3, 0.4) is 0 Å². The highest BCUT2D eigenvalue weighted by atomic mass is 32.2. The molecule has 0 aromatic heterocycles. The van der Waals surface area contributed by atoms with Crippen molar-refractivity contribution < 1.29 is 22.9 Å². The van der Waals surface area contributed by atoms with Crippen LogP contribution in [0.4, 0.5) is 0 Å². The van der Waals surface area contributed by atoms with Crippen LogP contribution >= 0.6 is 0 Å². The Kier molecular flexibility index (Phi) is 7.86. The van der Waals surface area contributed by atoms with Gasteiger partial charge in [-0.3, -0.25) is 9.35 Å². The Morgan fingerprint density at radius 2 is 1.62 bits per heavy atom. The highest BCUT2D eigenvalue weighted by molar-refractivity contribution is 7.85. The third-order valence-corrected chi connectivity index (χ3v) is 5.31. The summed E-state index contributed by atoms with van der Waals surface area (Å²) in [5, 5.41) is 8.80. The standard InChI is InChI=1S/C10H19NO2.C7H8O3S/c11-8-10(7-9(12)13)5-3-1-2-4-6-10;1-6-2-4-7(5-3-6)11(8,9)10/h1-8,11H2,(H,12,13);2-5H,1H3,(H,8,9,10). The fraction of sp³-hybridized carbons (Fsp3) is 0.588. The Morgan fingerprint density at radius 3 is 2.00 bits per heavy atom. The van der Waals surface area contributed by atoms with Gasteiger partial charge in [0.2, 0.25) is 0 Å². The number of hydrogen-bond donors (Lipinski definition) is 3. The molecule has 1 aliphatic rings. The molecule has 0 spiro atoms. The highest BCUT2D eigenvalue weighted by Gasteiger charge is 2.31. The van der Waals surface area contributed by atoms with E-state index in [1.807, 2.05) is 6.92 Å². The first-order chi connectivity index (χ1) is 11.2. The molecule has 7 heteroatoms. The number of carboxylic acid groups (broad SMARTS) is 1. The Hall–Kier alpha value is -1.44. The molecular weight excluding hydrogens is 330 g/mol. The third-order valence-electron chi connectivity index (χ3n) is 4.44. The summed E-state index contributed by atoms with van der Waals surface area (Å²) in [6, 6.07) is 5.99. The van der Waals surface area contributed by atoms with Crippen LogP contribution < -0.4 is 5.73 Å². The summed E-state index contributed by atoms with van der Waals surface area (Å²) in [5.41, 5.74) is 6.55. The lowest BCUT2D eigenvalue weighted by atomic mass is 9.77. The minimum absolute atomic E-state index is 0.0666. The zero-order valence-corrected chi connectivity index (χ0v) is 14.9. The lowest BCUT2D eigenvalue weighted by Crippen LogP contribution is -2.32. The summed E-state index contributed by atoms with van der Waals surface area (Å²) in [7, 11) is -4.02. The maximum Gasteiger partial charge on any atom is 0.303 e. The molecule has 0 aliphatic heterocycles. The van der Waals surface area contributed by atoms with E-state index in [0.29, 0.717) is 6.54 Å². The van der Waals surface area contributed by atoms with Gasteiger partial charge in [-0.2, -0.15) is 8.42 Å². The highest BCUT2D eigenvalue weighted by Crippen LogP contribution is 2.36. The van der Waals surface area contributed by atoms with Gasteiger partial charge in [0.25, 0.3) is 10.1 Å². The molecule has 136 valence electrons.